The first-order valence-electron chi connectivity index (χ1n) is 8.04. The van der Waals surface area contributed by atoms with E-state index in [9.17, 15) is 9.18 Å². The van der Waals surface area contributed by atoms with E-state index in [4.69, 9.17) is 0 Å². The molecule has 1 heterocycles. The van der Waals surface area contributed by atoms with Gasteiger partial charge in [-0.3, -0.25) is 0 Å². The van der Waals surface area contributed by atoms with Gasteiger partial charge in [0.25, 0.3) is 0 Å². The topological polar surface area (TPSA) is 44.4 Å². The molecule has 122 valence electrons. The number of hydrogen-bond acceptors (Lipinski definition) is 2. The van der Waals surface area contributed by atoms with Crippen LogP contribution in [0.3, 0.4) is 0 Å². The van der Waals surface area contributed by atoms with Gasteiger partial charge in [-0.25, -0.2) is 9.18 Å². The Morgan fingerprint density at radius 3 is 2.95 bits per heavy atom. The second-order valence-electron chi connectivity index (χ2n) is 6.33. The van der Waals surface area contributed by atoms with Crippen LogP contribution >= 0.6 is 0 Å². The van der Waals surface area contributed by atoms with Crippen molar-refractivity contribution in [1.82, 2.24) is 15.5 Å². The molecular formula is C17H26FN3O. The first-order chi connectivity index (χ1) is 10.5. The molecule has 2 amide bonds. The van der Waals surface area contributed by atoms with Crippen LogP contribution in [0, 0.1) is 11.7 Å². The fourth-order valence-corrected chi connectivity index (χ4v) is 2.98. The number of halogens is 1. The maximum Gasteiger partial charge on any atom is 0.315 e. The van der Waals surface area contributed by atoms with E-state index in [-0.39, 0.29) is 24.4 Å². The Morgan fingerprint density at radius 2 is 2.23 bits per heavy atom. The highest BCUT2D eigenvalue weighted by Gasteiger charge is 2.18. The molecule has 1 saturated heterocycles. The Labute approximate surface area is 132 Å². The Kier molecular flexibility index (Phi) is 6.19. The highest BCUT2D eigenvalue weighted by atomic mass is 19.1. The molecule has 2 atom stereocenters. The molecule has 0 radical (unpaired) electrons. The lowest BCUT2D eigenvalue weighted by Crippen LogP contribution is -2.47. The van der Waals surface area contributed by atoms with Crippen LogP contribution in [0.15, 0.2) is 24.3 Å². The van der Waals surface area contributed by atoms with Crippen molar-refractivity contribution in [3.63, 3.8) is 0 Å². The van der Waals surface area contributed by atoms with Crippen LogP contribution in [0.25, 0.3) is 0 Å². The molecule has 1 fully saturated rings. The number of piperidine rings is 1. The Balaban J connectivity index is 1.71. The molecule has 5 heteroatoms. The van der Waals surface area contributed by atoms with Gasteiger partial charge in [-0.15, -0.1) is 0 Å². The third kappa shape index (κ3) is 5.30. The lowest BCUT2D eigenvalue weighted by molar-refractivity contribution is 0.169. The van der Waals surface area contributed by atoms with E-state index in [1.807, 2.05) is 6.92 Å². The minimum Gasteiger partial charge on any atom is -0.334 e. The fourth-order valence-electron chi connectivity index (χ4n) is 2.98. The van der Waals surface area contributed by atoms with Crippen molar-refractivity contribution in [2.75, 3.05) is 19.6 Å². The Bertz CT molecular complexity index is 495. The first-order valence-corrected chi connectivity index (χ1v) is 8.04. The molecule has 0 saturated carbocycles. The van der Waals surface area contributed by atoms with Gasteiger partial charge in [0.2, 0.25) is 0 Å². The summed E-state index contributed by atoms with van der Waals surface area (Å²) >= 11 is 0. The second-order valence-corrected chi connectivity index (χ2v) is 6.33. The summed E-state index contributed by atoms with van der Waals surface area (Å²) < 4.78 is 13.5. The summed E-state index contributed by atoms with van der Waals surface area (Å²) in [5.41, 5.74) is 0.496. The van der Waals surface area contributed by atoms with Gasteiger partial charge in [0.15, 0.2) is 0 Å². The zero-order valence-electron chi connectivity index (χ0n) is 13.4. The van der Waals surface area contributed by atoms with Crippen molar-refractivity contribution in [3.8, 4) is 0 Å². The minimum atomic E-state index is -0.293. The van der Waals surface area contributed by atoms with Crippen LogP contribution in [-0.2, 0) is 6.54 Å². The summed E-state index contributed by atoms with van der Waals surface area (Å²) in [5.74, 6) is 0.439. The fraction of sp³-hybridized carbons (Fsp3) is 0.588. The van der Waals surface area contributed by atoms with Crippen molar-refractivity contribution >= 4 is 6.03 Å². The summed E-state index contributed by atoms with van der Waals surface area (Å²) in [5, 5.41) is 5.63. The third-order valence-corrected chi connectivity index (χ3v) is 4.05. The van der Waals surface area contributed by atoms with Crippen molar-refractivity contribution in [2.45, 2.75) is 39.3 Å². The molecule has 1 aliphatic heterocycles. The predicted molar refractivity (Wildman–Crippen MR) is 86.1 cm³/mol. The van der Waals surface area contributed by atoms with Crippen LogP contribution in [0.2, 0.25) is 0 Å². The van der Waals surface area contributed by atoms with Crippen LogP contribution in [-0.4, -0.2) is 36.6 Å². The number of likely N-dealkylation sites (tertiary alicyclic amines) is 1. The van der Waals surface area contributed by atoms with E-state index in [2.05, 4.69) is 22.5 Å². The molecule has 0 aromatic heterocycles. The van der Waals surface area contributed by atoms with Gasteiger partial charge in [0, 0.05) is 31.2 Å². The lowest BCUT2D eigenvalue weighted by Gasteiger charge is -2.32. The smallest absolute Gasteiger partial charge is 0.315 e. The van der Waals surface area contributed by atoms with E-state index >= 15 is 0 Å². The van der Waals surface area contributed by atoms with E-state index in [1.54, 1.807) is 18.2 Å². The zero-order valence-corrected chi connectivity index (χ0v) is 13.4. The highest BCUT2D eigenvalue weighted by molar-refractivity contribution is 5.74. The van der Waals surface area contributed by atoms with E-state index in [0.29, 0.717) is 5.56 Å². The van der Waals surface area contributed by atoms with Crippen molar-refractivity contribution in [2.24, 2.45) is 5.92 Å². The standard InChI is InChI=1S/C17H26FN3O/c1-13-6-5-9-21(11-13)12-14(2)20-17(22)19-10-15-7-3-4-8-16(15)18/h3-4,7-8,13-14H,5-6,9-12H2,1-2H3,(H2,19,20,22)/t13-,14-/m1/s1. The van der Waals surface area contributed by atoms with E-state index < -0.39 is 0 Å². The Morgan fingerprint density at radius 1 is 1.45 bits per heavy atom. The molecule has 1 aliphatic rings. The largest absolute Gasteiger partial charge is 0.334 e. The van der Waals surface area contributed by atoms with Crippen LogP contribution in [0.4, 0.5) is 9.18 Å². The first kappa shape index (κ1) is 16.7. The van der Waals surface area contributed by atoms with E-state index in [0.717, 1.165) is 25.6 Å². The summed E-state index contributed by atoms with van der Waals surface area (Å²) in [7, 11) is 0. The van der Waals surface area contributed by atoms with Gasteiger partial charge in [0.1, 0.15) is 5.82 Å². The number of urea groups is 1. The summed E-state index contributed by atoms with van der Waals surface area (Å²) in [6.45, 7) is 7.53. The maximum absolute atomic E-state index is 13.5. The van der Waals surface area contributed by atoms with Gasteiger partial charge in [-0.05, 0) is 38.3 Å². The quantitative estimate of drug-likeness (QED) is 0.878. The third-order valence-electron chi connectivity index (χ3n) is 4.05. The van der Waals surface area contributed by atoms with Crippen molar-refractivity contribution < 1.29 is 9.18 Å². The summed E-state index contributed by atoms with van der Waals surface area (Å²) in [4.78, 5) is 14.3. The molecule has 2 rings (SSSR count). The van der Waals surface area contributed by atoms with Gasteiger partial charge in [-0.1, -0.05) is 25.1 Å². The number of nitrogens with zero attached hydrogens (tertiary/aromatic N) is 1. The van der Waals surface area contributed by atoms with Gasteiger partial charge in [0.05, 0.1) is 0 Å². The zero-order chi connectivity index (χ0) is 15.9. The molecule has 0 aliphatic carbocycles. The molecule has 0 unspecified atom stereocenters. The molecule has 22 heavy (non-hydrogen) atoms. The average molecular weight is 307 g/mol. The monoisotopic (exact) mass is 307 g/mol. The van der Waals surface area contributed by atoms with Crippen LogP contribution in [0.1, 0.15) is 32.3 Å². The molecular weight excluding hydrogens is 281 g/mol. The van der Waals surface area contributed by atoms with Crippen LogP contribution in [0.5, 0.6) is 0 Å². The number of nitrogens with one attached hydrogen (secondary N) is 2. The number of amides is 2. The lowest BCUT2D eigenvalue weighted by atomic mass is 10.00. The number of rotatable bonds is 5. The number of carbonyl (C=O) groups excluding carboxylic acids is 1. The SMILES string of the molecule is C[C@@H]1CCCN(C[C@@H](C)NC(=O)NCc2ccccc2F)C1. The molecule has 1 aromatic rings. The molecule has 0 bridgehead atoms. The second kappa shape index (κ2) is 8.13. The average Bonchev–Trinajstić information content (AvgIpc) is 2.46. The highest BCUT2D eigenvalue weighted by Crippen LogP contribution is 2.15. The van der Waals surface area contributed by atoms with Gasteiger partial charge >= 0.3 is 6.03 Å². The van der Waals surface area contributed by atoms with Crippen molar-refractivity contribution in [1.29, 1.82) is 0 Å². The number of hydrogen-bond donors (Lipinski definition) is 2. The minimum absolute atomic E-state index is 0.0749. The molecule has 4 nitrogen and oxygen atoms in total. The normalized spacial score (nSPS) is 20.4. The summed E-state index contributed by atoms with van der Waals surface area (Å²) in [6.07, 6.45) is 2.52. The molecule has 0 spiro atoms. The molecule has 2 N–H and O–H groups in total. The summed E-state index contributed by atoms with van der Waals surface area (Å²) in [6, 6.07) is 6.30. The Hall–Kier alpha value is -1.62. The maximum atomic E-state index is 13.5. The van der Waals surface area contributed by atoms with Crippen LogP contribution < -0.4 is 10.6 Å². The number of carbonyl (C=O) groups is 1. The molecule has 1 aromatic carbocycles. The number of benzene rings is 1. The van der Waals surface area contributed by atoms with E-state index in [1.165, 1.54) is 18.9 Å². The van der Waals surface area contributed by atoms with Gasteiger partial charge < -0.3 is 15.5 Å². The van der Waals surface area contributed by atoms with Crippen molar-refractivity contribution in [3.05, 3.63) is 35.6 Å². The van der Waals surface area contributed by atoms with Gasteiger partial charge in [-0.2, -0.15) is 0 Å². The predicted octanol–water partition coefficient (Wildman–Crippen LogP) is 2.75.